The molecule has 0 aliphatic carbocycles. The van der Waals surface area contributed by atoms with Gasteiger partial charge in [-0.25, -0.2) is 9.97 Å². The highest BCUT2D eigenvalue weighted by Gasteiger charge is 2.37. The molecule has 0 bridgehead atoms. The number of aldehydes is 1. The highest BCUT2D eigenvalue weighted by Crippen LogP contribution is 2.36. The zero-order chi connectivity index (χ0) is 24.6. The zero-order valence-corrected chi connectivity index (χ0v) is 17.0. The molecular weight excluding hydrogens is 456 g/mol. The lowest BCUT2D eigenvalue weighted by Crippen LogP contribution is -2.29. The molecule has 0 fully saturated rings. The van der Waals surface area contributed by atoms with Gasteiger partial charge in [0.2, 0.25) is 0 Å². The summed E-state index contributed by atoms with van der Waals surface area (Å²) >= 11 is 0. The quantitative estimate of drug-likeness (QED) is 0.443. The third kappa shape index (κ3) is 5.35. The second-order valence-corrected chi connectivity index (χ2v) is 6.99. The maximum atomic E-state index is 13.1. The Balaban J connectivity index is 1.93. The molecule has 0 spiro atoms. The van der Waals surface area contributed by atoms with E-state index in [-0.39, 0.29) is 23.5 Å². The Labute approximate surface area is 182 Å². The van der Waals surface area contributed by atoms with Crippen molar-refractivity contribution in [2.45, 2.75) is 32.2 Å². The van der Waals surface area contributed by atoms with Crippen molar-refractivity contribution in [3.63, 3.8) is 0 Å². The molecule has 174 valence electrons. The molecule has 3 rings (SSSR count). The van der Waals surface area contributed by atoms with Crippen molar-refractivity contribution in [2.24, 2.45) is 0 Å². The third-order valence-corrected chi connectivity index (χ3v) is 4.45. The maximum absolute atomic E-state index is 13.1. The molecule has 0 aliphatic rings. The Morgan fingerprint density at radius 2 is 1.67 bits per heavy atom. The van der Waals surface area contributed by atoms with Crippen LogP contribution in [-0.2, 0) is 12.4 Å². The van der Waals surface area contributed by atoms with Crippen LogP contribution in [0.25, 0.3) is 5.82 Å². The van der Waals surface area contributed by atoms with E-state index in [9.17, 15) is 35.9 Å². The standard InChI is InChI=1S/C20H15F6N5O2/c1-10(17-29-11(2)30-31(17)16-4-3-12(9-32)8-27-16)28-18(33)13-5-14(19(21,22)23)7-15(6-13)20(24,25)26/h3-10H,1-2H3,(H,28,33). The van der Waals surface area contributed by atoms with Crippen molar-refractivity contribution in [1.82, 2.24) is 25.1 Å². The first-order valence-corrected chi connectivity index (χ1v) is 9.25. The molecule has 2 aromatic heterocycles. The van der Waals surface area contributed by atoms with E-state index in [4.69, 9.17) is 0 Å². The summed E-state index contributed by atoms with van der Waals surface area (Å²) in [6, 6.07) is 2.56. The van der Waals surface area contributed by atoms with Crippen molar-refractivity contribution < 1.29 is 35.9 Å². The van der Waals surface area contributed by atoms with Gasteiger partial charge in [-0.1, -0.05) is 0 Å². The van der Waals surface area contributed by atoms with Gasteiger partial charge in [0.25, 0.3) is 5.91 Å². The van der Waals surface area contributed by atoms with Crippen molar-refractivity contribution in [3.8, 4) is 5.82 Å². The van der Waals surface area contributed by atoms with Crippen LogP contribution in [-0.4, -0.2) is 31.9 Å². The second-order valence-electron chi connectivity index (χ2n) is 6.99. The number of amides is 1. The first kappa shape index (κ1) is 23.9. The molecule has 1 unspecified atom stereocenters. The molecule has 1 atom stereocenters. The molecule has 1 N–H and O–H groups in total. The Kier molecular flexibility index (Phi) is 6.25. The van der Waals surface area contributed by atoms with Gasteiger partial charge in [0, 0.05) is 17.3 Å². The average Bonchev–Trinajstić information content (AvgIpc) is 3.14. The number of aryl methyl sites for hydroxylation is 1. The number of aromatic nitrogens is 4. The summed E-state index contributed by atoms with van der Waals surface area (Å²) in [4.78, 5) is 31.6. The fourth-order valence-electron chi connectivity index (χ4n) is 2.90. The summed E-state index contributed by atoms with van der Waals surface area (Å²) in [7, 11) is 0. The first-order valence-electron chi connectivity index (χ1n) is 9.25. The molecule has 7 nitrogen and oxygen atoms in total. The highest BCUT2D eigenvalue weighted by atomic mass is 19.4. The van der Waals surface area contributed by atoms with Crippen LogP contribution in [0.1, 0.15) is 56.5 Å². The fraction of sp³-hybridized carbons (Fsp3) is 0.250. The van der Waals surface area contributed by atoms with Crippen molar-refractivity contribution in [2.75, 3.05) is 0 Å². The van der Waals surface area contributed by atoms with Gasteiger partial charge in [-0.05, 0) is 44.2 Å². The van der Waals surface area contributed by atoms with Gasteiger partial charge < -0.3 is 5.32 Å². The van der Waals surface area contributed by atoms with E-state index < -0.39 is 41.0 Å². The van der Waals surface area contributed by atoms with Gasteiger partial charge in [0.15, 0.2) is 17.9 Å². The largest absolute Gasteiger partial charge is 0.416 e. The molecule has 0 saturated carbocycles. The van der Waals surface area contributed by atoms with E-state index in [0.29, 0.717) is 24.0 Å². The van der Waals surface area contributed by atoms with Gasteiger partial charge >= 0.3 is 12.4 Å². The average molecular weight is 471 g/mol. The molecule has 0 radical (unpaired) electrons. The summed E-state index contributed by atoms with van der Waals surface area (Å²) in [5.41, 5.74) is -3.73. The summed E-state index contributed by atoms with van der Waals surface area (Å²) in [6.07, 6.45) is -8.32. The number of rotatable bonds is 5. The molecular formula is C20H15F6N5O2. The van der Waals surface area contributed by atoms with E-state index in [2.05, 4.69) is 20.4 Å². The van der Waals surface area contributed by atoms with Crippen LogP contribution in [0.5, 0.6) is 0 Å². The predicted molar refractivity (Wildman–Crippen MR) is 102 cm³/mol. The lowest BCUT2D eigenvalue weighted by Gasteiger charge is -2.17. The number of alkyl halides is 6. The summed E-state index contributed by atoms with van der Waals surface area (Å²) in [5.74, 6) is -0.549. The normalized spacial score (nSPS) is 13.0. The smallest absolute Gasteiger partial charge is 0.342 e. The van der Waals surface area contributed by atoms with Gasteiger partial charge in [0.1, 0.15) is 5.82 Å². The molecule has 2 heterocycles. The van der Waals surface area contributed by atoms with E-state index >= 15 is 0 Å². The van der Waals surface area contributed by atoms with Crippen LogP contribution in [0.2, 0.25) is 0 Å². The molecule has 0 aliphatic heterocycles. The van der Waals surface area contributed by atoms with Crippen molar-refractivity contribution in [1.29, 1.82) is 0 Å². The monoisotopic (exact) mass is 471 g/mol. The maximum Gasteiger partial charge on any atom is 0.416 e. The van der Waals surface area contributed by atoms with Gasteiger partial charge in [-0.3, -0.25) is 9.59 Å². The number of benzene rings is 1. The Morgan fingerprint density at radius 1 is 1.06 bits per heavy atom. The predicted octanol–water partition coefficient (Wildman–Crippen LogP) is 4.31. The van der Waals surface area contributed by atoms with Crippen LogP contribution >= 0.6 is 0 Å². The molecule has 0 saturated heterocycles. The minimum atomic E-state index is -5.08. The minimum Gasteiger partial charge on any atom is -0.342 e. The van der Waals surface area contributed by atoms with Gasteiger partial charge in [-0.15, -0.1) is 5.10 Å². The van der Waals surface area contributed by atoms with Crippen LogP contribution < -0.4 is 5.32 Å². The Hall–Kier alpha value is -3.77. The van der Waals surface area contributed by atoms with Crippen LogP contribution in [0.3, 0.4) is 0 Å². The number of nitrogens with zero attached hydrogens (tertiary/aromatic N) is 4. The molecule has 3 aromatic rings. The van der Waals surface area contributed by atoms with E-state index in [1.165, 1.54) is 36.9 Å². The third-order valence-electron chi connectivity index (χ3n) is 4.45. The van der Waals surface area contributed by atoms with Gasteiger partial charge in [-0.2, -0.15) is 31.0 Å². The van der Waals surface area contributed by atoms with E-state index in [1.54, 1.807) is 0 Å². The fourth-order valence-corrected chi connectivity index (χ4v) is 2.90. The first-order chi connectivity index (χ1) is 15.3. The van der Waals surface area contributed by atoms with Crippen LogP contribution in [0, 0.1) is 6.92 Å². The number of hydrogen-bond acceptors (Lipinski definition) is 5. The Bertz CT molecular complexity index is 1150. The van der Waals surface area contributed by atoms with Gasteiger partial charge in [0.05, 0.1) is 17.2 Å². The van der Waals surface area contributed by atoms with Crippen molar-refractivity contribution >= 4 is 12.2 Å². The Morgan fingerprint density at radius 3 is 2.15 bits per heavy atom. The van der Waals surface area contributed by atoms with Crippen LogP contribution in [0.15, 0.2) is 36.5 Å². The number of hydrogen-bond donors (Lipinski definition) is 1. The number of nitrogens with one attached hydrogen (secondary N) is 1. The van der Waals surface area contributed by atoms with E-state index in [1.807, 2.05) is 0 Å². The molecule has 13 heteroatoms. The lowest BCUT2D eigenvalue weighted by molar-refractivity contribution is -0.143. The lowest BCUT2D eigenvalue weighted by atomic mass is 10.0. The number of carbonyl (C=O) groups excluding carboxylic acids is 2. The minimum absolute atomic E-state index is 0.0607. The van der Waals surface area contributed by atoms with Crippen LogP contribution in [0.4, 0.5) is 26.3 Å². The molecule has 1 aromatic carbocycles. The zero-order valence-electron chi connectivity index (χ0n) is 17.0. The van der Waals surface area contributed by atoms with E-state index in [0.717, 1.165) is 0 Å². The SMILES string of the molecule is Cc1nc(C(C)NC(=O)c2cc(C(F)(F)F)cc(C(F)(F)F)c2)n(-c2ccc(C=O)cn2)n1. The topological polar surface area (TPSA) is 89.8 Å². The summed E-state index contributed by atoms with van der Waals surface area (Å²) in [5, 5.41) is 6.47. The molecule has 33 heavy (non-hydrogen) atoms. The number of halogens is 6. The summed E-state index contributed by atoms with van der Waals surface area (Å²) in [6.45, 7) is 2.96. The van der Waals surface area contributed by atoms with Crippen molar-refractivity contribution in [3.05, 3.63) is 70.4 Å². The highest BCUT2D eigenvalue weighted by molar-refractivity contribution is 5.94. The molecule has 1 amide bonds. The number of pyridine rings is 1. The number of carbonyl (C=O) groups is 2. The summed E-state index contributed by atoms with van der Waals surface area (Å²) < 4.78 is 79.7. The second kappa shape index (κ2) is 8.64.